The summed E-state index contributed by atoms with van der Waals surface area (Å²) in [6.45, 7) is 5.42. The van der Waals surface area contributed by atoms with Crippen LogP contribution in [0.15, 0.2) is 12.2 Å². The van der Waals surface area contributed by atoms with Gasteiger partial charge in [-0.2, -0.15) is 26.3 Å². The van der Waals surface area contributed by atoms with Crippen LogP contribution in [0.25, 0.3) is 0 Å². The number of halogens is 6. The van der Waals surface area contributed by atoms with Gasteiger partial charge in [-0.3, -0.25) is 4.79 Å². The number of hydrogen-bond donors (Lipinski definition) is 0. The molecule has 0 aromatic heterocycles. The van der Waals surface area contributed by atoms with Crippen LogP contribution in [0.3, 0.4) is 0 Å². The zero-order valence-corrected chi connectivity index (χ0v) is 11.9. The van der Waals surface area contributed by atoms with Gasteiger partial charge in [0.05, 0.1) is 0 Å². The Balaban J connectivity index is 6.15. The highest BCUT2D eigenvalue weighted by Gasteiger charge is 2.78. The molecule has 0 aromatic rings. The predicted molar refractivity (Wildman–Crippen MR) is 61.6 cm³/mol. The van der Waals surface area contributed by atoms with Gasteiger partial charge in [0, 0.05) is 12.5 Å². The fourth-order valence-corrected chi connectivity index (χ4v) is 1.62. The first-order valence-corrected chi connectivity index (χ1v) is 5.90. The Morgan fingerprint density at radius 3 is 1.68 bits per heavy atom. The van der Waals surface area contributed by atoms with E-state index in [0.717, 1.165) is 13.8 Å². The number of esters is 2. The molecule has 0 fully saturated rings. The molecule has 0 heterocycles. The molecule has 0 aliphatic heterocycles. The molecule has 0 rings (SSSR count). The number of ether oxygens (including phenoxy) is 2. The Morgan fingerprint density at radius 2 is 1.45 bits per heavy atom. The van der Waals surface area contributed by atoms with Crippen LogP contribution in [-0.2, 0) is 19.1 Å². The Kier molecular flexibility index (Phi) is 6.05. The first-order chi connectivity index (χ1) is 9.70. The van der Waals surface area contributed by atoms with Crippen molar-refractivity contribution in [3.05, 3.63) is 12.2 Å². The summed E-state index contributed by atoms with van der Waals surface area (Å²) < 4.78 is 86.5. The summed E-state index contributed by atoms with van der Waals surface area (Å²) in [7, 11) is 0. The van der Waals surface area contributed by atoms with E-state index in [0.29, 0.717) is 6.92 Å². The number of alkyl halides is 6. The fourth-order valence-electron chi connectivity index (χ4n) is 1.62. The van der Waals surface area contributed by atoms with Gasteiger partial charge in [-0.1, -0.05) is 13.5 Å². The van der Waals surface area contributed by atoms with Crippen molar-refractivity contribution in [2.45, 2.75) is 51.2 Å². The smallest absolute Gasteiger partial charge is 0.441 e. The van der Waals surface area contributed by atoms with Crippen LogP contribution in [0.1, 0.15) is 27.2 Å². The van der Waals surface area contributed by atoms with Gasteiger partial charge in [-0.25, -0.2) is 4.79 Å². The molecule has 128 valence electrons. The number of rotatable bonds is 5. The number of carbonyl (C=O) groups is 2. The molecule has 0 bridgehead atoms. The average Bonchev–Trinajstić information content (AvgIpc) is 2.29. The van der Waals surface area contributed by atoms with Crippen LogP contribution in [0.5, 0.6) is 0 Å². The summed E-state index contributed by atoms with van der Waals surface area (Å²) in [5.41, 5.74) is -5.36. The Hall–Kier alpha value is -1.74. The van der Waals surface area contributed by atoms with E-state index in [4.69, 9.17) is 0 Å². The van der Waals surface area contributed by atoms with E-state index < -0.39 is 48.0 Å². The third-order valence-corrected chi connectivity index (χ3v) is 2.57. The van der Waals surface area contributed by atoms with Gasteiger partial charge in [-0.05, 0) is 13.3 Å². The molecule has 1 unspecified atom stereocenters. The van der Waals surface area contributed by atoms with E-state index in [-0.39, 0.29) is 0 Å². The summed E-state index contributed by atoms with van der Waals surface area (Å²) in [4.78, 5) is 22.1. The van der Waals surface area contributed by atoms with E-state index in [2.05, 4.69) is 16.1 Å². The van der Waals surface area contributed by atoms with Gasteiger partial charge in [0.1, 0.15) is 0 Å². The van der Waals surface area contributed by atoms with Crippen molar-refractivity contribution in [1.29, 1.82) is 0 Å². The van der Waals surface area contributed by atoms with Crippen molar-refractivity contribution >= 4 is 11.9 Å². The molecule has 10 heteroatoms. The lowest BCUT2D eigenvalue weighted by molar-refractivity contribution is -0.391. The number of hydrogen-bond acceptors (Lipinski definition) is 4. The van der Waals surface area contributed by atoms with E-state index >= 15 is 0 Å². The molecule has 0 radical (unpaired) electrons. The molecule has 0 aliphatic rings. The lowest BCUT2D eigenvalue weighted by Gasteiger charge is -2.40. The monoisotopic (exact) mass is 336 g/mol. The van der Waals surface area contributed by atoms with Gasteiger partial charge in [-0.15, -0.1) is 0 Å². The Morgan fingerprint density at radius 1 is 1.05 bits per heavy atom. The molecule has 0 N–H and O–H groups in total. The highest BCUT2D eigenvalue weighted by Crippen LogP contribution is 2.50. The van der Waals surface area contributed by atoms with Gasteiger partial charge in [0.15, 0.2) is 6.10 Å². The van der Waals surface area contributed by atoms with Crippen molar-refractivity contribution in [3.8, 4) is 0 Å². The highest BCUT2D eigenvalue weighted by atomic mass is 19.4. The quantitative estimate of drug-likeness (QED) is 0.439. The van der Waals surface area contributed by atoms with E-state index in [1.54, 1.807) is 0 Å². The minimum Gasteiger partial charge on any atom is -0.454 e. The third-order valence-electron chi connectivity index (χ3n) is 2.57. The maximum atomic E-state index is 13.1. The summed E-state index contributed by atoms with van der Waals surface area (Å²) in [6.07, 6.45) is -15.8. The molecule has 0 saturated heterocycles. The fraction of sp³-hybridized carbons (Fsp3) is 0.667. The van der Waals surface area contributed by atoms with Gasteiger partial charge >= 0.3 is 29.9 Å². The van der Waals surface area contributed by atoms with E-state index in [9.17, 15) is 35.9 Å². The molecule has 0 spiro atoms. The highest BCUT2D eigenvalue weighted by molar-refractivity contribution is 5.87. The third kappa shape index (κ3) is 3.92. The van der Waals surface area contributed by atoms with E-state index in [1.165, 1.54) is 0 Å². The standard InChI is InChI=1S/C12H14F6O4/c1-5-8(21-9(20)6(2)3)10(11(13,14)15,12(16,17)18)22-7(4)19/h8H,2,5H2,1,3-4H3. The zero-order valence-electron chi connectivity index (χ0n) is 11.9. The van der Waals surface area contributed by atoms with Crippen LogP contribution >= 0.6 is 0 Å². The van der Waals surface area contributed by atoms with Gasteiger partial charge in [0.25, 0.3) is 0 Å². The average molecular weight is 336 g/mol. The van der Waals surface area contributed by atoms with Gasteiger partial charge < -0.3 is 9.47 Å². The minimum atomic E-state index is -6.05. The molecule has 0 saturated carbocycles. The summed E-state index contributed by atoms with van der Waals surface area (Å²) in [5, 5.41) is 0. The topological polar surface area (TPSA) is 52.6 Å². The molecule has 1 atom stereocenters. The maximum absolute atomic E-state index is 13.1. The second-order valence-corrected chi connectivity index (χ2v) is 4.41. The second-order valence-electron chi connectivity index (χ2n) is 4.41. The van der Waals surface area contributed by atoms with Crippen molar-refractivity contribution < 1.29 is 45.4 Å². The summed E-state index contributed by atoms with van der Waals surface area (Å²) in [6, 6.07) is 0. The van der Waals surface area contributed by atoms with Crippen LogP contribution in [-0.4, -0.2) is 36.0 Å². The molecule has 4 nitrogen and oxygen atoms in total. The van der Waals surface area contributed by atoms with Crippen LogP contribution in [0.4, 0.5) is 26.3 Å². The van der Waals surface area contributed by atoms with Crippen molar-refractivity contribution in [2.75, 3.05) is 0 Å². The lowest BCUT2D eigenvalue weighted by atomic mass is 9.92. The second kappa shape index (κ2) is 6.57. The van der Waals surface area contributed by atoms with Crippen molar-refractivity contribution in [2.24, 2.45) is 0 Å². The van der Waals surface area contributed by atoms with E-state index in [1.807, 2.05) is 0 Å². The van der Waals surface area contributed by atoms with Crippen LogP contribution in [0.2, 0.25) is 0 Å². The lowest BCUT2D eigenvalue weighted by Crippen LogP contribution is -2.67. The van der Waals surface area contributed by atoms with Crippen LogP contribution in [0, 0.1) is 0 Å². The molecule has 0 aromatic carbocycles. The largest absolute Gasteiger partial charge is 0.454 e. The zero-order chi connectivity index (χ0) is 17.9. The molecule has 0 amide bonds. The SMILES string of the molecule is C=C(C)C(=O)OC(CC)C(OC(C)=O)(C(F)(F)F)C(F)(F)F. The molecule has 0 aliphatic carbocycles. The minimum absolute atomic E-state index is 0.388. The Labute approximate surface area is 122 Å². The van der Waals surface area contributed by atoms with Crippen molar-refractivity contribution in [1.82, 2.24) is 0 Å². The normalized spacial score (nSPS) is 14.2. The Bertz CT molecular complexity index is 438. The maximum Gasteiger partial charge on any atom is 0.441 e. The van der Waals surface area contributed by atoms with Crippen LogP contribution < -0.4 is 0 Å². The van der Waals surface area contributed by atoms with Gasteiger partial charge in [0.2, 0.25) is 0 Å². The summed E-state index contributed by atoms with van der Waals surface area (Å²) in [5.74, 6) is -3.28. The number of carbonyl (C=O) groups excluding carboxylic acids is 2. The molecule has 22 heavy (non-hydrogen) atoms. The molecular weight excluding hydrogens is 322 g/mol. The first-order valence-electron chi connectivity index (χ1n) is 5.90. The van der Waals surface area contributed by atoms with Crippen molar-refractivity contribution in [3.63, 3.8) is 0 Å². The predicted octanol–water partition coefficient (Wildman–Crippen LogP) is 3.31. The first kappa shape index (κ1) is 20.3. The summed E-state index contributed by atoms with van der Waals surface area (Å²) >= 11 is 0. The molecular formula is C12H14F6O4.